The summed E-state index contributed by atoms with van der Waals surface area (Å²) in [6.45, 7) is 0.877. The Bertz CT molecular complexity index is 556. The van der Waals surface area contributed by atoms with Crippen LogP contribution in [0.4, 0.5) is 0 Å². The number of ether oxygens (including phenoxy) is 5. The molecule has 11 nitrogen and oxygen atoms in total. The monoisotopic (exact) mass is 361 g/mol. The lowest BCUT2D eigenvalue weighted by Gasteiger charge is -2.33. The maximum Gasteiger partial charge on any atom is 0.321 e. The van der Waals surface area contributed by atoms with E-state index in [0.29, 0.717) is 0 Å². The zero-order valence-corrected chi connectivity index (χ0v) is 14.1. The summed E-state index contributed by atoms with van der Waals surface area (Å²) in [6.07, 6.45) is -1.27. The molecule has 0 fully saturated rings. The molecular weight excluding hydrogens is 342 g/mol. The lowest BCUT2D eigenvalue weighted by molar-refractivity contribution is -0.445. The summed E-state index contributed by atoms with van der Waals surface area (Å²) in [7, 11) is 3.25. The first-order valence-corrected chi connectivity index (χ1v) is 7.10. The van der Waals surface area contributed by atoms with Gasteiger partial charge in [-0.1, -0.05) is 0 Å². The van der Waals surface area contributed by atoms with Crippen molar-refractivity contribution >= 4 is 17.9 Å². The normalized spacial score (nSPS) is 22.8. The van der Waals surface area contributed by atoms with Crippen LogP contribution in [0, 0.1) is 22.0 Å². The van der Waals surface area contributed by atoms with E-state index in [9.17, 15) is 24.5 Å². The van der Waals surface area contributed by atoms with E-state index in [1.54, 1.807) is 0 Å². The molecule has 25 heavy (non-hydrogen) atoms. The molecule has 1 heterocycles. The Labute approximate surface area is 142 Å². The largest absolute Gasteiger partial charge is 0.468 e. The van der Waals surface area contributed by atoms with Gasteiger partial charge >= 0.3 is 17.9 Å². The Balaban J connectivity index is 3.30. The number of carbonyl (C=O) groups excluding carboxylic acids is 3. The van der Waals surface area contributed by atoms with Crippen LogP contribution in [-0.4, -0.2) is 63.2 Å². The number of esters is 3. The third-order valence-corrected chi connectivity index (χ3v) is 3.46. The molecule has 0 aromatic carbocycles. The van der Waals surface area contributed by atoms with Gasteiger partial charge in [-0.3, -0.25) is 24.5 Å². The first kappa shape index (κ1) is 20.5. The summed E-state index contributed by atoms with van der Waals surface area (Å²) in [5.41, 5.74) is -0.504. The third kappa shape index (κ3) is 4.97. The van der Waals surface area contributed by atoms with E-state index in [0.717, 1.165) is 20.3 Å². The first-order chi connectivity index (χ1) is 11.8. The molecule has 0 bridgehead atoms. The Morgan fingerprint density at radius 1 is 1.24 bits per heavy atom. The van der Waals surface area contributed by atoms with Gasteiger partial charge in [0.25, 0.3) is 5.70 Å². The van der Waals surface area contributed by atoms with Gasteiger partial charge in [-0.05, 0) is 0 Å². The Hall–Kier alpha value is -2.53. The molecule has 1 rings (SSSR count). The van der Waals surface area contributed by atoms with Gasteiger partial charge in [0, 0.05) is 20.1 Å². The Morgan fingerprint density at radius 2 is 1.80 bits per heavy atom. The number of nitrogens with zero attached hydrogens (tertiary/aromatic N) is 1. The second kappa shape index (κ2) is 9.08. The van der Waals surface area contributed by atoms with Crippen LogP contribution < -0.4 is 0 Å². The van der Waals surface area contributed by atoms with E-state index >= 15 is 0 Å². The van der Waals surface area contributed by atoms with Crippen LogP contribution in [0.25, 0.3) is 0 Å². The van der Waals surface area contributed by atoms with Crippen LogP contribution >= 0.6 is 0 Å². The number of carbonyl (C=O) groups is 3. The van der Waals surface area contributed by atoms with Crippen molar-refractivity contribution in [1.82, 2.24) is 0 Å². The Morgan fingerprint density at radius 3 is 2.20 bits per heavy atom. The molecule has 0 radical (unpaired) electrons. The van der Waals surface area contributed by atoms with Crippen molar-refractivity contribution in [2.45, 2.75) is 19.3 Å². The van der Waals surface area contributed by atoms with Gasteiger partial charge in [0.2, 0.25) is 0 Å². The van der Waals surface area contributed by atoms with Gasteiger partial charge in [0.1, 0.15) is 18.6 Å². The molecule has 0 aromatic rings. The summed E-state index contributed by atoms with van der Waals surface area (Å²) in [5, 5.41) is 11.5. The van der Waals surface area contributed by atoms with E-state index in [2.05, 4.69) is 9.47 Å². The second-order valence-electron chi connectivity index (χ2n) is 4.98. The molecule has 140 valence electrons. The van der Waals surface area contributed by atoms with Gasteiger partial charge in [-0.25, -0.2) is 0 Å². The van der Waals surface area contributed by atoms with Crippen LogP contribution in [0.1, 0.15) is 6.92 Å². The van der Waals surface area contributed by atoms with Gasteiger partial charge < -0.3 is 23.7 Å². The fraction of sp³-hybridized carbons (Fsp3) is 0.643. The molecule has 0 N–H and O–H groups in total. The van der Waals surface area contributed by atoms with Crippen molar-refractivity contribution in [3.05, 3.63) is 21.9 Å². The highest BCUT2D eigenvalue weighted by Crippen LogP contribution is 2.34. The topological polar surface area (TPSA) is 140 Å². The zero-order valence-electron chi connectivity index (χ0n) is 14.1. The molecular formula is C14H19NO10. The molecule has 1 aliphatic rings. The van der Waals surface area contributed by atoms with Crippen molar-refractivity contribution in [3.63, 3.8) is 0 Å². The molecule has 0 aliphatic carbocycles. The van der Waals surface area contributed by atoms with Crippen LogP contribution in [-0.2, 0) is 38.1 Å². The van der Waals surface area contributed by atoms with Crippen LogP contribution in [0.2, 0.25) is 0 Å². The standard InChI is InChI=1S/C14H19NO10/c1-7(16)24-6-8-5-9(15(19)20)10(14(23-4)25-8)11(12(17)21-2)13(18)22-3/h5,8,10-11,14H,6H2,1-4H3/t8-,10+,14-/m1/s1. The van der Waals surface area contributed by atoms with Crippen molar-refractivity contribution < 1.29 is 43.0 Å². The van der Waals surface area contributed by atoms with Crippen LogP contribution in [0.5, 0.6) is 0 Å². The zero-order chi connectivity index (χ0) is 19.1. The number of hydrogen-bond donors (Lipinski definition) is 0. The summed E-state index contributed by atoms with van der Waals surface area (Å²) in [4.78, 5) is 45.6. The highest BCUT2D eigenvalue weighted by molar-refractivity contribution is 5.95. The molecule has 0 amide bonds. The molecule has 0 saturated carbocycles. The first-order valence-electron chi connectivity index (χ1n) is 7.10. The molecule has 0 unspecified atom stereocenters. The average Bonchev–Trinajstić information content (AvgIpc) is 2.59. The highest BCUT2D eigenvalue weighted by Gasteiger charge is 2.52. The van der Waals surface area contributed by atoms with Crippen molar-refractivity contribution in [1.29, 1.82) is 0 Å². The minimum atomic E-state index is -1.66. The maximum atomic E-state index is 12.0. The van der Waals surface area contributed by atoms with E-state index in [4.69, 9.17) is 14.2 Å². The third-order valence-electron chi connectivity index (χ3n) is 3.46. The minimum absolute atomic E-state index is 0.291. The fourth-order valence-electron chi connectivity index (χ4n) is 2.38. The van der Waals surface area contributed by atoms with Crippen LogP contribution in [0.3, 0.4) is 0 Å². The highest BCUT2D eigenvalue weighted by atomic mass is 16.7. The van der Waals surface area contributed by atoms with E-state index in [-0.39, 0.29) is 6.61 Å². The average molecular weight is 361 g/mol. The quantitative estimate of drug-likeness (QED) is 0.194. The number of nitro groups is 1. The van der Waals surface area contributed by atoms with Crippen molar-refractivity contribution in [2.24, 2.45) is 11.8 Å². The summed E-state index contributed by atoms with van der Waals surface area (Å²) < 4.78 is 24.4. The van der Waals surface area contributed by atoms with E-state index in [1.807, 2.05) is 0 Å². The maximum absolute atomic E-state index is 12.0. The Kier molecular flexibility index (Phi) is 7.45. The molecule has 0 saturated heterocycles. The summed E-state index contributed by atoms with van der Waals surface area (Å²) >= 11 is 0. The van der Waals surface area contributed by atoms with Crippen molar-refractivity contribution in [2.75, 3.05) is 27.9 Å². The molecule has 3 atom stereocenters. The second-order valence-corrected chi connectivity index (χ2v) is 4.98. The lowest BCUT2D eigenvalue weighted by Crippen LogP contribution is -2.48. The smallest absolute Gasteiger partial charge is 0.321 e. The predicted octanol–water partition coefficient (Wildman–Crippen LogP) is -0.340. The molecule has 0 aromatic heterocycles. The molecule has 0 spiro atoms. The van der Waals surface area contributed by atoms with Crippen LogP contribution in [0.15, 0.2) is 11.8 Å². The fourth-order valence-corrected chi connectivity index (χ4v) is 2.38. The lowest BCUT2D eigenvalue weighted by atomic mass is 9.86. The minimum Gasteiger partial charge on any atom is -0.468 e. The van der Waals surface area contributed by atoms with Gasteiger partial charge in [-0.2, -0.15) is 0 Å². The van der Waals surface area contributed by atoms with E-state index < -0.39 is 52.8 Å². The van der Waals surface area contributed by atoms with Crippen molar-refractivity contribution in [3.8, 4) is 0 Å². The predicted molar refractivity (Wildman–Crippen MR) is 78.4 cm³/mol. The van der Waals surface area contributed by atoms with Gasteiger partial charge in [0.15, 0.2) is 12.2 Å². The summed E-state index contributed by atoms with van der Waals surface area (Å²) in [5.74, 6) is -5.74. The van der Waals surface area contributed by atoms with E-state index in [1.165, 1.54) is 14.0 Å². The number of rotatable bonds is 7. The molecule has 1 aliphatic heterocycles. The number of hydrogen-bond acceptors (Lipinski definition) is 10. The SMILES string of the molecule is COC(=O)C(C(=O)OC)[C@@H]1C([N+](=O)[O-])=C[C@H](COC(C)=O)O[C@H]1OC. The summed E-state index contributed by atoms with van der Waals surface area (Å²) in [6, 6.07) is 0. The molecule has 11 heteroatoms. The van der Waals surface area contributed by atoms with Gasteiger partial charge in [0.05, 0.1) is 19.1 Å². The van der Waals surface area contributed by atoms with Gasteiger partial charge in [-0.15, -0.1) is 0 Å². The number of methoxy groups -OCH3 is 3.